The number of hydrogen-bond donors (Lipinski definition) is 0. The van der Waals surface area contributed by atoms with Gasteiger partial charge in [0.2, 0.25) is 4.80 Å². The molecule has 0 aliphatic rings. The van der Waals surface area contributed by atoms with Crippen LogP contribution in [0.2, 0.25) is 0 Å². The molecule has 4 rings (SSSR count). The molecule has 6 heteroatoms. The minimum atomic E-state index is 0.535. The van der Waals surface area contributed by atoms with Gasteiger partial charge in [-0.1, -0.05) is 24.3 Å². The van der Waals surface area contributed by atoms with Crippen LogP contribution in [0.5, 0.6) is 5.75 Å². The first-order valence-electron chi connectivity index (χ1n) is 9.19. The highest BCUT2D eigenvalue weighted by Gasteiger charge is 2.09. The molecule has 2 heterocycles. The lowest BCUT2D eigenvalue weighted by atomic mass is 10.1. The summed E-state index contributed by atoms with van der Waals surface area (Å²) < 4.78 is 12.8. The second-order valence-electron chi connectivity index (χ2n) is 6.47. The maximum atomic E-state index is 5.61. The number of aryl methyl sites for hydroxylation is 1. The number of fused-ring (bicyclic) bond motifs is 1. The lowest BCUT2D eigenvalue weighted by Gasteiger charge is -2.07. The van der Waals surface area contributed by atoms with Crippen molar-refractivity contribution in [3.05, 3.63) is 82.9 Å². The van der Waals surface area contributed by atoms with E-state index < -0.39 is 0 Å². The van der Waals surface area contributed by atoms with Crippen LogP contribution in [0.3, 0.4) is 0 Å². The number of furan rings is 1. The summed E-state index contributed by atoms with van der Waals surface area (Å²) in [5, 5.41) is 8.97. The summed E-state index contributed by atoms with van der Waals surface area (Å²) in [6.07, 6.45) is 3.48. The number of aromatic nitrogens is 1. The number of benzene rings is 2. The number of rotatable bonds is 6. The van der Waals surface area contributed by atoms with Crippen LogP contribution in [-0.4, -0.2) is 24.5 Å². The minimum Gasteiger partial charge on any atom is -0.497 e. The number of thiazole rings is 1. The summed E-state index contributed by atoms with van der Waals surface area (Å²) in [4.78, 5) is 5.38. The first-order chi connectivity index (χ1) is 14.2. The highest BCUT2D eigenvalue weighted by atomic mass is 32.1. The summed E-state index contributed by atoms with van der Waals surface area (Å²) in [6, 6.07) is 16.2. The van der Waals surface area contributed by atoms with Crippen molar-refractivity contribution in [3.63, 3.8) is 0 Å². The van der Waals surface area contributed by atoms with E-state index in [2.05, 4.69) is 46.3 Å². The van der Waals surface area contributed by atoms with Gasteiger partial charge < -0.3 is 9.15 Å². The molecular formula is C23H21N3O2S. The van der Waals surface area contributed by atoms with Crippen molar-refractivity contribution in [1.82, 2.24) is 4.68 Å². The monoisotopic (exact) mass is 403 g/mol. The van der Waals surface area contributed by atoms with Crippen molar-refractivity contribution in [3.8, 4) is 17.0 Å². The van der Waals surface area contributed by atoms with E-state index in [1.165, 1.54) is 0 Å². The Balaban J connectivity index is 1.80. The van der Waals surface area contributed by atoms with Gasteiger partial charge in [0.25, 0.3) is 0 Å². The lowest BCUT2D eigenvalue weighted by molar-refractivity contribution is 0.415. The Labute approximate surface area is 172 Å². The van der Waals surface area contributed by atoms with Crippen molar-refractivity contribution >= 4 is 28.3 Å². The van der Waals surface area contributed by atoms with Crippen LogP contribution in [-0.2, 0) is 0 Å². The standard InChI is InChI=1S/C23H21N3O2S/c1-4-11-24-23-26(25-14-21-9-5-16(2)28-21)22(15-29-23)19-7-6-18-13-20(27-3)10-8-17(18)12-19/h4-10,12-15H,1,11H2,2-3H3. The van der Waals surface area contributed by atoms with Gasteiger partial charge in [-0.15, -0.1) is 17.9 Å². The van der Waals surface area contributed by atoms with E-state index >= 15 is 0 Å². The third-order valence-corrected chi connectivity index (χ3v) is 5.30. The first kappa shape index (κ1) is 19.0. The van der Waals surface area contributed by atoms with Gasteiger partial charge in [-0.05, 0) is 48.0 Å². The molecule has 2 aromatic carbocycles. The highest BCUT2D eigenvalue weighted by Crippen LogP contribution is 2.27. The second kappa shape index (κ2) is 8.32. The van der Waals surface area contributed by atoms with Crippen molar-refractivity contribution < 1.29 is 9.15 Å². The van der Waals surface area contributed by atoms with E-state index in [1.807, 2.05) is 35.9 Å². The lowest BCUT2D eigenvalue weighted by Crippen LogP contribution is -2.12. The molecule has 29 heavy (non-hydrogen) atoms. The summed E-state index contributed by atoms with van der Waals surface area (Å²) in [5.74, 6) is 2.40. The van der Waals surface area contributed by atoms with Gasteiger partial charge in [0.1, 0.15) is 17.3 Å². The largest absolute Gasteiger partial charge is 0.497 e. The predicted octanol–water partition coefficient (Wildman–Crippen LogP) is 5.25. The summed E-state index contributed by atoms with van der Waals surface area (Å²) in [6.45, 7) is 6.20. The number of ether oxygens (including phenoxy) is 1. The second-order valence-corrected chi connectivity index (χ2v) is 7.30. The fourth-order valence-electron chi connectivity index (χ4n) is 3.01. The Morgan fingerprint density at radius 1 is 1.14 bits per heavy atom. The molecule has 0 saturated carbocycles. The summed E-state index contributed by atoms with van der Waals surface area (Å²) >= 11 is 1.55. The Hall–Kier alpha value is -3.38. The summed E-state index contributed by atoms with van der Waals surface area (Å²) in [7, 11) is 1.68. The molecule has 0 unspecified atom stereocenters. The van der Waals surface area contributed by atoms with Gasteiger partial charge in [0.05, 0.1) is 25.6 Å². The molecule has 0 aliphatic carbocycles. The van der Waals surface area contributed by atoms with Crippen LogP contribution < -0.4 is 9.54 Å². The topological polar surface area (TPSA) is 52.0 Å². The quantitative estimate of drug-likeness (QED) is 0.326. The van der Waals surface area contributed by atoms with Gasteiger partial charge in [-0.3, -0.25) is 4.99 Å². The van der Waals surface area contributed by atoms with Gasteiger partial charge >= 0.3 is 0 Å². The fourth-order valence-corrected chi connectivity index (χ4v) is 3.86. The van der Waals surface area contributed by atoms with Crippen LogP contribution in [0.1, 0.15) is 11.5 Å². The molecule has 0 fully saturated rings. The molecule has 0 aliphatic heterocycles. The molecule has 146 valence electrons. The zero-order valence-electron chi connectivity index (χ0n) is 16.3. The molecule has 0 amide bonds. The van der Waals surface area contributed by atoms with Crippen molar-refractivity contribution in [2.45, 2.75) is 6.92 Å². The highest BCUT2D eigenvalue weighted by molar-refractivity contribution is 7.07. The smallest absolute Gasteiger partial charge is 0.206 e. The SMILES string of the molecule is C=CCN=c1scc(-c2ccc3cc(OC)ccc3c2)n1N=Cc1ccc(C)o1. The average molecular weight is 404 g/mol. The van der Waals surface area contributed by atoms with E-state index in [-0.39, 0.29) is 0 Å². The van der Waals surface area contributed by atoms with Gasteiger partial charge in [-0.25, -0.2) is 4.68 Å². The molecule has 0 saturated heterocycles. The maximum Gasteiger partial charge on any atom is 0.206 e. The molecule has 0 N–H and O–H groups in total. The normalized spacial score (nSPS) is 12.1. The Bertz CT molecular complexity index is 1260. The van der Waals surface area contributed by atoms with Gasteiger partial charge in [0, 0.05) is 10.9 Å². The Kier molecular flexibility index (Phi) is 5.44. The van der Waals surface area contributed by atoms with E-state index in [9.17, 15) is 0 Å². The fraction of sp³-hybridized carbons (Fsp3) is 0.130. The summed E-state index contributed by atoms with van der Waals surface area (Å²) in [5.41, 5.74) is 2.03. The third kappa shape index (κ3) is 4.07. The molecule has 0 spiro atoms. The third-order valence-electron chi connectivity index (χ3n) is 4.45. The van der Waals surface area contributed by atoms with E-state index in [0.29, 0.717) is 12.3 Å². The van der Waals surface area contributed by atoms with E-state index in [1.54, 1.807) is 30.7 Å². The first-order valence-corrected chi connectivity index (χ1v) is 10.1. The van der Waals surface area contributed by atoms with Crippen LogP contribution in [0, 0.1) is 6.92 Å². The molecule has 5 nitrogen and oxygen atoms in total. The zero-order chi connectivity index (χ0) is 20.2. The predicted molar refractivity (Wildman–Crippen MR) is 119 cm³/mol. The van der Waals surface area contributed by atoms with E-state index in [4.69, 9.17) is 9.15 Å². The minimum absolute atomic E-state index is 0.535. The molecule has 0 atom stereocenters. The van der Waals surface area contributed by atoms with Crippen molar-refractivity contribution in [1.29, 1.82) is 0 Å². The molecule has 0 radical (unpaired) electrons. The van der Waals surface area contributed by atoms with Crippen LogP contribution in [0.25, 0.3) is 22.0 Å². The maximum absolute atomic E-state index is 5.61. The average Bonchev–Trinajstić information content (AvgIpc) is 3.35. The van der Waals surface area contributed by atoms with Gasteiger partial charge in [0.15, 0.2) is 0 Å². The number of methoxy groups -OCH3 is 1. The number of nitrogens with zero attached hydrogens (tertiary/aromatic N) is 3. The Morgan fingerprint density at radius 2 is 1.97 bits per heavy atom. The van der Waals surface area contributed by atoms with Crippen molar-refractivity contribution in [2.24, 2.45) is 10.1 Å². The van der Waals surface area contributed by atoms with E-state index in [0.717, 1.165) is 38.3 Å². The van der Waals surface area contributed by atoms with Crippen LogP contribution in [0.4, 0.5) is 0 Å². The van der Waals surface area contributed by atoms with Crippen LogP contribution >= 0.6 is 11.3 Å². The van der Waals surface area contributed by atoms with Gasteiger partial charge in [-0.2, -0.15) is 5.10 Å². The van der Waals surface area contributed by atoms with Crippen LogP contribution in [0.15, 0.2) is 81.1 Å². The molecular weight excluding hydrogens is 382 g/mol. The molecule has 4 aromatic rings. The molecule has 0 bridgehead atoms. The molecule has 2 aromatic heterocycles. The van der Waals surface area contributed by atoms with Crippen molar-refractivity contribution in [2.75, 3.05) is 13.7 Å². The number of hydrogen-bond acceptors (Lipinski definition) is 5. The zero-order valence-corrected chi connectivity index (χ0v) is 17.1. The Morgan fingerprint density at radius 3 is 2.72 bits per heavy atom.